The first-order chi connectivity index (χ1) is 20.9. The van der Waals surface area contributed by atoms with Gasteiger partial charge in [-0.15, -0.1) is 0 Å². The summed E-state index contributed by atoms with van der Waals surface area (Å²) >= 11 is 0. The first-order valence-electron chi connectivity index (χ1n) is 14.3. The summed E-state index contributed by atoms with van der Waals surface area (Å²) in [5, 5.41) is 14.6. The molecule has 43 heavy (non-hydrogen) atoms. The van der Waals surface area contributed by atoms with Crippen LogP contribution in [0.15, 0.2) is 103 Å². The summed E-state index contributed by atoms with van der Waals surface area (Å²) in [7, 11) is 1.66. The average molecular weight is 578 g/mol. The van der Waals surface area contributed by atoms with Gasteiger partial charge in [0.1, 0.15) is 5.75 Å². The Morgan fingerprint density at radius 3 is 2.42 bits per heavy atom. The van der Waals surface area contributed by atoms with Gasteiger partial charge in [-0.3, -0.25) is 4.79 Å². The lowest BCUT2D eigenvalue weighted by Crippen LogP contribution is -2.46. The number of hydrogen-bond donors (Lipinski definition) is 3. The molecule has 4 aromatic rings. The summed E-state index contributed by atoms with van der Waals surface area (Å²) in [6, 6.07) is 31.4. The fraction of sp³-hybridized carbons (Fsp3) is 0.229. The second kappa shape index (κ2) is 13.7. The monoisotopic (exact) mass is 577 g/mol. The molecule has 2 unspecified atom stereocenters. The van der Waals surface area contributed by atoms with Gasteiger partial charge in [-0.2, -0.15) is 0 Å². The van der Waals surface area contributed by atoms with Crippen LogP contribution in [-0.4, -0.2) is 41.6 Å². The smallest absolute Gasteiger partial charge is 0.335 e. The quantitative estimate of drug-likeness (QED) is 0.211. The molecule has 0 aliphatic heterocycles. The average Bonchev–Trinajstić information content (AvgIpc) is 3.03. The maximum atomic E-state index is 14.0. The molecule has 0 radical (unpaired) electrons. The van der Waals surface area contributed by atoms with E-state index in [0.29, 0.717) is 12.2 Å². The highest BCUT2D eigenvalue weighted by molar-refractivity contribution is 5.94. The van der Waals surface area contributed by atoms with E-state index in [0.717, 1.165) is 41.7 Å². The summed E-state index contributed by atoms with van der Waals surface area (Å²) < 4.78 is 5.47. The van der Waals surface area contributed by atoms with E-state index >= 15 is 0 Å². The van der Waals surface area contributed by atoms with Crippen LogP contribution >= 0.6 is 0 Å². The van der Waals surface area contributed by atoms with E-state index in [1.165, 1.54) is 17.7 Å². The van der Waals surface area contributed by atoms with Crippen molar-refractivity contribution in [2.45, 2.75) is 31.8 Å². The van der Waals surface area contributed by atoms with E-state index in [1.807, 2.05) is 65.6 Å². The molecule has 8 nitrogen and oxygen atoms in total. The number of carboxylic acids is 1. The molecule has 0 heterocycles. The van der Waals surface area contributed by atoms with E-state index in [9.17, 15) is 19.5 Å². The number of rotatable bonds is 10. The van der Waals surface area contributed by atoms with E-state index in [2.05, 4.69) is 28.8 Å². The number of carboxylic acid groups (broad SMARTS) is 1. The number of ether oxygens (including phenoxy) is 1. The van der Waals surface area contributed by atoms with Crippen molar-refractivity contribution in [2.24, 2.45) is 5.92 Å². The lowest BCUT2D eigenvalue weighted by atomic mass is 9.76. The Kier molecular flexibility index (Phi) is 9.36. The molecular weight excluding hydrogens is 542 g/mol. The second-order valence-corrected chi connectivity index (χ2v) is 10.7. The van der Waals surface area contributed by atoms with Gasteiger partial charge in [-0.25, -0.2) is 9.59 Å². The normalized spacial score (nSPS) is 15.6. The van der Waals surface area contributed by atoms with Crippen molar-refractivity contribution in [3.05, 3.63) is 131 Å². The molecule has 1 aliphatic carbocycles. The predicted molar refractivity (Wildman–Crippen MR) is 165 cm³/mol. The van der Waals surface area contributed by atoms with Crippen LogP contribution in [0, 0.1) is 5.92 Å². The van der Waals surface area contributed by atoms with Crippen LogP contribution < -0.4 is 15.4 Å². The minimum absolute atomic E-state index is 0.0564. The van der Waals surface area contributed by atoms with Gasteiger partial charge in [-0.1, -0.05) is 72.8 Å². The number of nitrogens with zero attached hydrogens (tertiary/aromatic N) is 1. The van der Waals surface area contributed by atoms with Crippen LogP contribution in [0.2, 0.25) is 0 Å². The number of carbonyl (C=O) groups excluding carboxylic acids is 2. The fourth-order valence-electron chi connectivity index (χ4n) is 5.83. The van der Waals surface area contributed by atoms with Crippen LogP contribution in [0.1, 0.15) is 45.1 Å². The predicted octanol–water partition coefficient (Wildman–Crippen LogP) is 6.09. The summed E-state index contributed by atoms with van der Waals surface area (Å²) in [5.74, 6) is -0.364. The number of fused-ring (bicyclic) bond motifs is 1. The van der Waals surface area contributed by atoms with Gasteiger partial charge in [0.15, 0.2) is 0 Å². The van der Waals surface area contributed by atoms with Gasteiger partial charge in [0.2, 0.25) is 5.91 Å². The first-order valence-corrected chi connectivity index (χ1v) is 14.3. The Bertz CT molecular complexity index is 1590. The molecule has 0 spiro atoms. The number of benzene rings is 4. The molecule has 4 aromatic carbocycles. The number of amides is 3. The maximum Gasteiger partial charge on any atom is 0.335 e. The van der Waals surface area contributed by atoms with Crippen molar-refractivity contribution < 1.29 is 24.2 Å². The number of methoxy groups -OCH3 is 1. The summed E-state index contributed by atoms with van der Waals surface area (Å²) in [6.07, 6.45) is 2.60. The van der Waals surface area contributed by atoms with Crippen LogP contribution in [0.5, 0.6) is 5.75 Å². The highest BCUT2D eigenvalue weighted by Gasteiger charge is 2.36. The van der Waals surface area contributed by atoms with Gasteiger partial charge in [0.05, 0.1) is 25.3 Å². The largest absolute Gasteiger partial charge is 0.497 e. The number of carbonyl (C=O) groups is 3. The number of nitrogens with one attached hydrogen (secondary N) is 2. The molecule has 220 valence electrons. The summed E-state index contributed by atoms with van der Waals surface area (Å²) in [4.78, 5) is 40.0. The van der Waals surface area contributed by atoms with Crippen molar-refractivity contribution in [1.29, 1.82) is 0 Å². The van der Waals surface area contributed by atoms with Gasteiger partial charge in [0.25, 0.3) is 0 Å². The molecule has 2 atom stereocenters. The Morgan fingerprint density at radius 1 is 0.884 bits per heavy atom. The first kappa shape index (κ1) is 29.4. The SMILES string of the molecule is COc1cccc(CC2CCc3ccccc3C2N(Cc2ccccc2)C(=O)CNC(=O)Nc2cccc(C(=O)O)c2)c1. The van der Waals surface area contributed by atoms with Crippen molar-refractivity contribution in [3.63, 3.8) is 0 Å². The lowest BCUT2D eigenvalue weighted by molar-refractivity contribution is -0.135. The minimum atomic E-state index is -1.09. The highest BCUT2D eigenvalue weighted by Crippen LogP contribution is 2.41. The van der Waals surface area contributed by atoms with Gasteiger partial charge >= 0.3 is 12.0 Å². The third-order valence-electron chi connectivity index (χ3n) is 7.86. The lowest BCUT2D eigenvalue weighted by Gasteiger charge is -2.42. The second-order valence-electron chi connectivity index (χ2n) is 10.7. The third kappa shape index (κ3) is 7.40. The molecule has 3 amide bonds. The zero-order chi connectivity index (χ0) is 30.2. The van der Waals surface area contributed by atoms with Crippen LogP contribution in [0.4, 0.5) is 10.5 Å². The Hall–Kier alpha value is -5.11. The number of urea groups is 1. The Morgan fingerprint density at radius 2 is 1.63 bits per heavy atom. The van der Waals surface area contributed by atoms with E-state index in [-0.39, 0.29) is 30.0 Å². The number of hydrogen-bond acceptors (Lipinski definition) is 4. The molecule has 5 rings (SSSR count). The van der Waals surface area contributed by atoms with Crippen LogP contribution in [-0.2, 0) is 24.2 Å². The van der Waals surface area contributed by atoms with Crippen LogP contribution in [0.25, 0.3) is 0 Å². The van der Waals surface area contributed by atoms with Gasteiger partial charge in [0, 0.05) is 12.2 Å². The molecule has 0 bridgehead atoms. The fourth-order valence-corrected chi connectivity index (χ4v) is 5.83. The minimum Gasteiger partial charge on any atom is -0.497 e. The standard InChI is InChI=1S/C35H35N3O5/c1-43-30-15-7-11-25(20-30)19-27-18-17-26-12-5-6-16-31(26)33(27)38(23-24-9-3-2-4-10-24)32(39)22-36-35(42)37-29-14-8-13-28(21-29)34(40)41/h2-16,20-21,27,33H,17-19,22-23H2,1H3,(H,40,41)(H2,36,37,42). The molecule has 8 heteroatoms. The maximum absolute atomic E-state index is 14.0. The summed E-state index contributed by atoms with van der Waals surface area (Å²) in [6.45, 7) is 0.166. The highest BCUT2D eigenvalue weighted by atomic mass is 16.5. The van der Waals surface area contributed by atoms with Crippen LogP contribution in [0.3, 0.4) is 0 Å². The van der Waals surface area contributed by atoms with Crippen molar-refractivity contribution in [2.75, 3.05) is 19.0 Å². The molecule has 0 saturated heterocycles. The number of aryl methyl sites for hydroxylation is 1. The third-order valence-corrected chi connectivity index (χ3v) is 7.86. The van der Waals surface area contributed by atoms with E-state index in [1.54, 1.807) is 19.2 Å². The Balaban J connectivity index is 1.41. The Labute approximate surface area is 251 Å². The van der Waals surface area contributed by atoms with Gasteiger partial charge < -0.3 is 25.4 Å². The molecule has 0 saturated carbocycles. The molecule has 0 fully saturated rings. The van der Waals surface area contributed by atoms with Gasteiger partial charge in [-0.05, 0) is 77.8 Å². The van der Waals surface area contributed by atoms with E-state index < -0.39 is 12.0 Å². The van der Waals surface area contributed by atoms with Crippen molar-refractivity contribution >= 4 is 23.6 Å². The van der Waals surface area contributed by atoms with Crippen molar-refractivity contribution in [1.82, 2.24) is 10.2 Å². The topological polar surface area (TPSA) is 108 Å². The number of anilines is 1. The summed E-state index contributed by atoms with van der Waals surface area (Å²) in [5.41, 5.74) is 4.87. The number of aromatic carboxylic acids is 1. The molecule has 3 N–H and O–H groups in total. The zero-order valence-corrected chi connectivity index (χ0v) is 24.0. The molecule has 0 aromatic heterocycles. The molecular formula is C35H35N3O5. The molecule has 1 aliphatic rings. The van der Waals surface area contributed by atoms with E-state index in [4.69, 9.17) is 4.74 Å². The van der Waals surface area contributed by atoms with Crippen molar-refractivity contribution in [3.8, 4) is 5.75 Å². The zero-order valence-electron chi connectivity index (χ0n) is 24.0.